The molecular formula is C30H43N7O6. The third kappa shape index (κ3) is 12.8. The van der Waals surface area contributed by atoms with Crippen LogP contribution < -0.4 is 33.2 Å². The number of aliphatic carboxylic acids is 1. The lowest BCUT2D eigenvalue weighted by Gasteiger charge is -2.26. The molecule has 4 unspecified atom stereocenters. The summed E-state index contributed by atoms with van der Waals surface area (Å²) in [5.41, 5.74) is 18.2. The number of phenolic OH excluding ortho intramolecular Hbond substituents is 1. The van der Waals surface area contributed by atoms with Crippen molar-refractivity contribution in [2.45, 2.75) is 70.1 Å². The summed E-state index contributed by atoms with van der Waals surface area (Å²) in [6.07, 6.45) is 0.868. The summed E-state index contributed by atoms with van der Waals surface area (Å²) < 4.78 is 0. The van der Waals surface area contributed by atoms with Gasteiger partial charge in [0, 0.05) is 13.0 Å². The largest absolute Gasteiger partial charge is 0.508 e. The van der Waals surface area contributed by atoms with Crippen LogP contribution in [0, 0.1) is 5.92 Å². The Balaban J connectivity index is 2.21. The second-order valence-corrected chi connectivity index (χ2v) is 10.8. The number of aliphatic imine (C=N–C) groups is 1. The molecule has 4 atom stereocenters. The molecule has 0 heterocycles. The van der Waals surface area contributed by atoms with Crippen molar-refractivity contribution < 1.29 is 29.4 Å². The van der Waals surface area contributed by atoms with E-state index in [0.29, 0.717) is 5.56 Å². The van der Waals surface area contributed by atoms with E-state index < -0.39 is 47.9 Å². The minimum Gasteiger partial charge on any atom is -0.508 e. The predicted molar refractivity (Wildman–Crippen MR) is 163 cm³/mol. The van der Waals surface area contributed by atoms with Gasteiger partial charge in [0.05, 0.1) is 6.04 Å². The Morgan fingerprint density at radius 1 is 0.791 bits per heavy atom. The number of benzene rings is 2. The summed E-state index contributed by atoms with van der Waals surface area (Å²) in [6.45, 7) is 3.95. The lowest BCUT2D eigenvalue weighted by molar-refractivity contribution is -0.142. The molecule has 0 aliphatic heterocycles. The molecule has 13 nitrogen and oxygen atoms in total. The van der Waals surface area contributed by atoms with Crippen molar-refractivity contribution in [2.24, 2.45) is 28.1 Å². The summed E-state index contributed by atoms with van der Waals surface area (Å²) in [5, 5.41) is 27.2. The smallest absolute Gasteiger partial charge is 0.326 e. The van der Waals surface area contributed by atoms with Crippen LogP contribution in [0.15, 0.2) is 59.6 Å². The highest BCUT2D eigenvalue weighted by molar-refractivity contribution is 5.94. The number of carbonyl (C=O) groups excluding carboxylic acids is 3. The number of nitrogens with zero attached hydrogens (tertiary/aromatic N) is 1. The number of hydrogen-bond acceptors (Lipinski definition) is 7. The fraction of sp³-hybridized carbons (Fsp3) is 0.433. The van der Waals surface area contributed by atoms with Crippen LogP contribution in [0.25, 0.3) is 0 Å². The molecule has 0 saturated carbocycles. The Kier molecular flexibility index (Phi) is 13.9. The number of carboxylic acid groups (broad SMARTS) is 1. The molecule has 0 radical (unpaired) electrons. The van der Waals surface area contributed by atoms with Gasteiger partial charge in [-0.2, -0.15) is 0 Å². The first-order valence-corrected chi connectivity index (χ1v) is 14.1. The van der Waals surface area contributed by atoms with Gasteiger partial charge in [-0.1, -0.05) is 56.3 Å². The molecule has 13 heteroatoms. The zero-order valence-corrected chi connectivity index (χ0v) is 24.5. The van der Waals surface area contributed by atoms with Gasteiger partial charge in [-0.15, -0.1) is 0 Å². The van der Waals surface area contributed by atoms with E-state index in [1.54, 1.807) is 12.1 Å². The SMILES string of the molecule is CC(C)CC(NC(=O)C(N)Cc1ccccc1)C(=O)NC(Cc1ccc(O)cc1)C(=O)NC(CCCN=C(N)N)C(=O)O. The van der Waals surface area contributed by atoms with Gasteiger partial charge in [-0.3, -0.25) is 19.4 Å². The predicted octanol–water partition coefficient (Wildman–Crippen LogP) is 0.143. The number of rotatable bonds is 17. The Labute approximate surface area is 251 Å². The van der Waals surface area contributed by atoms with Crippen molar-refractivity contribution in [1.82, 2.24) is 16.0 Å². The maximum atomic E-state index is 13.5. The summed E-state index contributed by atoms with van der Waals surface area (Å²) >= 11 is 0. The first-order valence-electron chi connectivity index (χ1n) is 14.1. The molecule has 234 valence electrons. The number of guanidine groups is 1. The average Bonchev–Trinajstić information content (AvgIpc) is 2.94. The highest BCUT2D eigenvalue weighted by Gasteiger charge is 2.31. The molecule has 2 rings (SSSR count). The van der Waals surface area contributed by atoms with Crippen LogP contribution in [0.4, 0.5) is 0 Å². The van der Waals surface area contributed by atoms with Crippen molar-refractivity contribution in [2.75, 3.05) is 6.54 Å². The molecule has 2 aromatic carbocycles. The van der Waals surface area contributed by atoms with Crippen molar-refractivity contribution in [3.63, 3.8) is 0 Å². The number of nitrogens with two attached hydrogens (primary N) is 3. The maximum Gasteiger partial charge on any atom is 0.326 e. The van der Waals surface area contributed by atoms with E-state index in [4.69, 9.17) is 17.2 Å². The molecule has 3 amide bonds. The van der Waals surface area contributed by atoms with E-state index in [1.807, 2.05) is 44.2 Å². The normalized spacial score (nSPS) is 13.7. The Bertz CT molecular complexity index is 1230. The van der Waals surface area contributed by atoms with Crippen LogP contribution >= 0.6 is 0 Å². The van der Waals surface area contributed by atoms with Crippen LogP contribution in [-0.2, 0) is 32.0 Å². The van der Waals surface area contributed by atoms with Crippen molar-refractivity contribution in [3.05, 3.63) is 65.7 Å². The van der Waals surface area contributed by atoms with Gasteiger partial charge in [0.15, 0.2) is 5.96 Å². The second-order valence-electron chi connectivity index (χ2n) is 10.8. The van der Waals surface area contributed by atoms with Crippen LogP contribution in [0.2, 0.25) is 0 Å². The Morgan fingerprint density at radius 2 is 1.35 bits per heavy atom. The maximum absolute atomic E-state index is 13.5. The number of amides is 3. The zero-order chi connectivity index (χ0) is 31.9. The number of hydrogen-bond donors (Lipinski definition) is 8. The van der Waals surface area contributed by atoms with E-state index in [9.17, 15) is 29.4 Å². The van der Waals surface area contributed by atoms with Crippen LogP contribution in [0.1, 0.15) is 44.2 Å². The van der Waals surface area contributed by atoms with E-state index in [2.05, 4.69) is 20.9 Å². The molecule has 0 bridgehead atoms. The monoisotopic (exact) mass is 597 g/mol. The Hall–Kier alpha value is -4.65. The van der Waals surface area contributed by atoms with Crippen molar-refractivity contribution in [1.29, 1.82) is 0 Å². The second kappa shape index (κ2) is 17.3. The van der Waals surface area contributed by atoms with E-state index in [-0.39, 0.29) is 56.3 Å². The number of aromatic hydroxyl groups is 1. The quantitative estimate of drug-likeness (QED) is 0.0702. The van der Waals surface area contributed by atoms with Crippen molar-refractivity contribution in [3.8, 4) is 5.75 Å². The van der Waals surface area contributed by atoms with Gasteiger partial charge < -0.3 is 43.4 Å². The fourth-order valence-corrected chi connectivity index (χ4v) is 4.32. The number of phenols is 1. The van der Waals surface area contributed by atoms with Gasteiger partial charge in [0.1, 0.15) is 23.9 Å². The van der Waals surface area contributed by atoms with Gasteiger partial charge in [-0.05, 0) is 54.9 Å². The third-order valence-electron chi connectivity index (χ3n) is 6.54. The van der Waals surface area contributed by atoms with Crippen LogP contribution in [-0.4, -0.2) is 70.6 Å². The highest BCUT2D eigenvalue weighted by Crippen LogP contribution is 2.13. The topological polar surface area (TPSA) is 235 Å². The lowest BCUT2D eigenvalue weighted by Crippen LogP contribution is -2.58. The minimum absolute atomic E-state index is 0.00589. The average molecular weight is 598 g/mol. The number of nitrogens with one attached hydrogen (secondary N) is 3. The summed E-state index contributed by atoms with van der Waals surface area (Å²) in [4.78, 5) is 55.5. The molecule has 2 aromatic rings. The molecule has 43 heavy (non-hydrogen) atoms. The first kappa shape index (κ1) is 34.6. The number of carboxylic acids is 1. The van der Waals surface area contributed by atoms with E-state index in [1.165, 1.54) is 12.1 Å². The summed E-state index contributed by atoms with van der Waals surface area (Å²) in [5.74, 6) is -3.23. The molecule has 0 aliphatic carbocycles. The molecule has 0 aromatic heterocycles. The third-order valence-corrected chi connectivity index (χ3v) is 6.54. The Morgan fingerprint density at radius 3 is 1.93 bits per heavy atom. The van der Waals surface area contributed by atoms with Gasteiger partial charge in [-0.25, -0.2) is 4.79 Å². The zero-order valence-electron chi connectivity index (χ0n) is 24.5. The lowest BCUT2D eigenvalue weighted by atomic mass is 9.99. The summed E-state index contributed by atoms with van der Waals surface area (Å²) in [6, 6.07) is 10.9. The molecular weight excluding hydrogens is 554 g/mol. The summed E-state index contributed by atoms with van der Waals surface area (Å²) in [7, 11) is 0. The molecule has 0 fully saturated rings. The van der Waals surface area contributed by atoms with Gasteiger partial charge in [0.2, 0.25) is 17.7 Å². The molecule has 0 spiro atoms. The minimum atomic E-state index is -1.26. The number of carbonyl (C=O) groups is 4. The van der Waals surface area contributed by atoms with Crippen molar-refractivity contribution >= 4 is 29.7 Å². The van der Waals surface area contributed by atoms with E-state index >= 15 is 0 Å². The fourth-order valence-electron chi connectivity index (χ4n) is 4.32. The first-order chi connectivity index (χ1) is 20.3. The van der Waals surface area contributed by atoms with Gasteiger partial charge in [0.25, 0.3) is 0 Å². The van der Waals surface area contributed by atoms with Gasteiger partial charge >= 0.3 is 5.97 Å². The van der Waals surface area contributed by atoms with E-state index in [0.717, 1.165) is 5.56 Å². The van der Waals surface area contributed by atoms with Crippen LogP contribution in [0.3, 0.4) is 0 Å². The molecule has 0 saturated heterocycles. The standard InChI is InChI=1S/C30H43N7O6/c1-18(2)15-24(36-26(39)22(31)16-19-7-4-3-5-8-19)27(40)37-25(17-20-10-12-21(38)13-11-20)28(41)35-23(29(42)43)9-6-14-34-30(32)33/h3-5,7-8,10-13,18,22-25,38H,6,9,14-17,31H2,1-2H3,(H,35,41)(H,36,39)(H,37,40)(H,42,43)(H4,32,33,34). The van der Waals surface area contributed by atoms with Crippen LogP contribution in [0.5, 0.6) is 5.75 Å². The molecule has 0 aliphatic rings. The highest BCUT2D eigenvalue weighted by atomic mass is 16.4. The molecule has 11 N–H and O–H groups in total.